The van der Waals surface area contributed by atoms with E-state index >= 15 is 0 Å². The lowest BCUT2D eigenvalue weighted by Gasteiger charge is -2.39. The maximum Gasteiger partial charge on any atom is 0.428 e. The van der Waals surface area contributed by atoms with Crippen LogP contribution in [0.5, 0.6) is 11.6 Å². The summed E-state index contributed by atoms with van der Waals surface area (Å²) in [4.78, 5) is 52.9. The number of fused-ring (bicyclic) bond motifs is 5. The first-order chi connectivity index (χ1) is 24.3. The molecule has 14 heteroatoms. The summed E-state index contributed by atoms with van der Waals surface area (Å²) in [5.41, 5.74) is -2.86. The molecule has 1 saturated carbocycles. The van der Waals surface area contributed by atoms with Crippen molar-refractivity contribution in [3.63, 3.8) is 0 Å². The molecule has 1 unspecified atom stereocenters. The van der Waals surface area contributed by atoms with Crippen LogP contribution >= 0.6 is 0 Å². The van der Waals surface area contributed by atoms with E-state index in [0.29, 0.717) is 40.9 Å². The molecule has 1 saturated heterocycles. The monoisotopic (exact) mass is 730 g/mol. The van der Waals surface area contributed by atoms with Crippen LogP contribution in [0, 0.1) is 11.3 Å². The minimum atomic E-state index is -4.84. The van der Waals surface area contributed by atoms with Gasteiger partial charge in [-0.3, -0.25) is 4.79 Å². The number of alkyl halides is 3. The third-order valence-corrected chi connectivity index (χ3v) is 9.82. The van der Waals surface area contributed by atoms with Gasteiger partial charge in [0, 0.05) is 17.6 Å². The lowest BCUT2D eigenvalue weighted by molar-refractivity contribution is -0.271. The molecular weight excluding hydrogens is 681 g/mol. The number of benzene rings is 1. The highest BCUT2D eigenvalue weighted by atomic mass is 19.4. The van der Waals surface area contributed by atoms with Crippen molar-refractivity contribution in [3.05, 3.63) is 41.6 Å². The average molecular weight is 731 g/mol. The highest BCUT2D eigenvalue weighted by Crippen LogP contribution is 2.51. The van der Waals surface area contributed by atoms with Crippen molar-refractivity contribution in [1.29, 1.82) is 0 Å². The normalized spacial score (nSPS) is 27.8. The summed E-state index contributed by atoms with van der Waals surface area (Å²) >= 11 is 0. The third kappa shape index (κ3) is 8.00. The van der Waals surface area contributed by atoms with Crippen molar-refractivity contribution in [2.24, 2.45) is 11.3 Å². The second-order valence-electron chi connectivity index (χ2n) is 15.7. The van der Waals surface area contributed by atoms with Crippen LogP contribution in [-0.2, 0) is 19.1 Å². The van der Waals surface area contributed by atoms with E-state index in [2.05, 4.69) is 5.32 Å². The summed E-state index contributed by atoms with van der Waals surface area (Å²) < 4.78 is 67.8. The summed E-state index contributed by atoms with van der Waals surface area (Å²) in [7, 11) is 1.53. The molecule has 2 aromatic rings. The highest BCUT2D eigenvalue weighted by Gasteiger charge is 2.64. The maximum atomic E-state index is 14.9. The Balaban J connectivity index is 1.66. The van der Waals surface area contributed by atoms with Crippen molar-refractivity contribution >= 4 is 35.1 Å². The van der Waals surface area contributed by atoms with Crippen LogP contribution in [0.3, 0.4) is 0 Å². The molecular formula is C38H49F3N4O7. The zero-order valence-electron chi connectivity index (χ0n) is 31.1. The number of ether oxygens (including phenoxy) is 4. The van der Waals surface area contributed by atoms with E-state index in [1.165, 1.54) is 12.0 Å². The lowest BCUT2D eigenvalue weighted by Crippen LogP contribution is -2.59. The van der Waals surface area contributed by atoms with Crippen molar-refractivity contribution in [2.75, 3.05) is 13.7 Å². The van der Waals surface area contributed by atoms with Crippen LogP contribution in [0.1, 0.15) is 92.7 Å². The molecule has 0 radical (unpaired) electrons. The smallest absolute Gasteiger partial charge is 0.428 e. The molecule has 2 amide bonds. The molecule has 3 heterocycles. The average Bonchev–Trinajstić information content (AvgIpc) is 3.62. The second-order valence-corrected chi connectivity index (χ2v) is 15.7. The Labute approximate surface area is 302 Å². The van der Waals surface area contributed by atoms with Gasteiger partial charge in [-0.15, -0.1) is 0 Å². The number of nitrogens with one attached hydrogen (secondary N) is 1. The molecule has 1 aromatic carbocycles. The van der Waals surface area contributed by atoms with Gasteiger partial charge in [-0.1, -0.05) is 32.9 Å². The molecule has 5 atom stereocenters. The number of allylic oxidation sites excluding steroid dienone is 2. The zero-order chi connectivity index (χ0) is 38.2. The summed E-state index contributed by atoms with van der Waals surface area (Å²) in [6.07, 6.45) is -0.888. The molecule has 3 aliphatic rings. The van der Waals surface area contributed by atoms with Crippen LogP contribution in [0.2, 0.25) is 0 Å². The number of alkyl carbamates (subject to hydrolysis) is 1. The summed E-state index contributed by atoms with van der Waals surface area (Å²) in [5, 5.41) is 2.48. The Kier molecular flexibility index (Phi) is 10.9. The van der Waals surface area contributed by atoms with Crippen LogP contribution < -0.4 is 14.8 Å². The first kappa shape index (κ1) is 38.9. The van der Waals surface area contributed by atoms with E-state index in [9.17, 15) is 27.6 Å². The number of nitrogens with zero attached hydrogens (tertiary/aromatic N) is 3. The third-order valence-electron chi connectivity index (χ3n) is 9.82. The Morgan fingerprint density at radius 3 is 2.40 bits per heavy atom. The molecule has 284 valence electrons. The SMILES string of the molecule is C/C=C1\[C@@H]2CN(C(=O)[C@H](C(C)(C)C)NC(=O)OC3(C(F)(F)F)CCC[C@H]3CCC/C=C/c3nc4ccc(OC)cc4nc3O2)[C@@H]1C(=O)OC(C)(C)C. The number of esters is 1. The number of rotatable bonds is 2. The number of methoxy groups -OCH3 is 1. The molecule has 2 aliphatic heterocycles. The van der Waals surface area contributed by atoms with Gasteiger partial charge < -0.3 is 29.2 Å². The fraction of sp³-hybridized carbons (Fsp3) is 0.605. The predicted molar refractivity (Wildman–Crippen MR) is 187 cm³/mol. The number of aromatic nitrogens is 2. The van der Waals surface area contributed by atoms with Crippen LogP contribution in [-0.4, -0.2) is 82.1 Å². The number of amides is 2. The lowest BCUT2D eigenvalue weighted by atomic mass is 9.85. The van der Waals surface area contributed by atoms with Gasteiger partial charge in [0.25, 0.3) is 0 Å². The van der Waals surface area contributed by atoms with Gasteiger partial charge in [-0.25, -0.2) is 19.6 Å². The predicted octanol–water partition coefficient (Wildman–Crippen LogP) is 7.32. The van der Waals surface area contributed by atoms with Crippen molar-refractivity contribution < 1.29 is 46.5 Å². The van der Waals surface area contributed by atoms with E-state index in [4.69, 9.17) is 28.9 Å². The maximum absolute atomic E-state index is 14.9. The zero-order valence-corrected chi connectivity index (χ0v) is 31.1. The van der Waals surface area contributed by atoms with Gasteiger partial charge in [-0.2, -0.15) is 13.2 Å². The fourth-order valence-corrected chi connectivity index (χ4v) is 7.32. The van der Waals surface area contributed by atoms with Gasteiger partial charge in [-0.05, 0) is 89.8 Å². The fourth-order valence-electron chi connectivity index (χ4n) is 7.32. The van der Waals surface area contributed by atoms with E-state index in [0.717, 1.165) is 0 Å². The van der Waals surface area contributed by atoms with Gasteiger partial charge in [0.15, 0.2) is 6.04 Å². The van der Waals surface area contributed by atoms with Gasteiger partial charge >= 0.3 is 18.2 Å². The highest BCUT2D eigenvalue weighted by molar-refractivity contribution is 5.93. The Morgan fingerprint density at radius 2 is 1.77 bits per heavy atom. The first-order valence-electron chi connectivity index (χ1n) is 17.7. The minimum Gasteiger partial charge on any atom is -0.497 e. The number of carbonyl (C=O) groups excluding carboxylic acids is 3. The van der Waals surface area contributed by atoms with Gasteiger partial charge in [0.05, 0.1) is 24.7 Å². The summed E-state index contributed by atoms with van der Waals surface area (Å²) in [5.74, 6) is -1.75. The number of hydrogen-bond donors (Lipinski definition) is 1. The number of carbonyl (C=O) groups is 3. The van der Waals surface area contributed by atoms with Crippen molar-refractivity contribution in [2.45, 2.75) is 123 Å². The van der Waals surface area contributed by atoms with Gasteiger partial charge in [0.2, 0.25) is 17.4 Å². The Hall–Kier alpha value is -4.36. The molecule has 2 bridgehead atoms. The van der Waals surface area contributed by atoms with Crippen LogP contribution in [0.25, 0.3) is 17.1 Å². The van der Waals surface area contributed by atoms with Gasteiger partial charge in [0.1, 0.15) is 29.2 Å². The van der Waals surface area contributed by atoms with Crippen molar-refractivity contribution in [1.82, 2.24) is 20.2 Å². The van der Waals surface area contributed by atoms with Crippen molar-refractivity contribution in [3.8, 4) is 11.6 Å². The Bertz CT molecular complexity index is 1750. The molecule has 1 N–H and O–H groups in total. The standard InChI is InChI=1S/C38H49F3N4O7/c1-9-24-28-21-45(29(24)33(47)51-36(5,6)7)32(46)30(35(2,3)4)44-34(48)52-37(38(39,40)41)19-13-15-22(37)14-11-10-12-16-26-31(50-28)43-27-20-23(49-8)17-18-25(27)42-26/h9,12,16-18,20,22,28-30H,10-11,13-15,19,21H2,1-8H3,(H,44,48)/b16-12+,24-9+/t22-,28+,29+,30-,37?/m1/s1. The second kappa shape index (κ2) is 14.6. The van der Waals surface area contributed by atoms with E-state index < -0.39 is 64.9 Å². The number of halogens is 3. The minimum absolute atomic E-state index is 0.126. The first-order valence-corrected chi connectivity index (χ1v) is 17.7. The topological polar surface area (TPSA) is 129 Å². The molecule has 11 nitrogen and oxygen atoms in total. The van der Waals surface area contributed by atoms with E-state index in [1.807, 2.05) is 0 Å². The summed E-state index contributed by atoms with van der Waals surface area (Å²) in [6.45, 7) is 11.6. The Morgan fingerprint density at radius 1 is 1.06 bits per heavy atom. The van der Waals surface area contributed by atoms with Crippen LogP contribution in [0.15, 0.2) is 35.9 Å². The van der Waals surface area contributed by atoms with E-state index in [-0.39, 0.29) is 38.1 Å². The summed E-state index contributed by atoms with van der Waals surface area (Å²) in [6, 6.07) is 2.54. The molecule has 2 fully saturated rings. The molecule has 5 rings (SSSR count). The largest absolute Gasteiger partial charge is 0.497 e. The van der Waals surface area contributed by atoms with E-state index in [1.54, 1.807) is 84.9 Å². The molecule has 1 aliphatic carbocycles. The quantitative estimate of drug-likeness (QED) is 0.250. The molecule has 0 spiro atoms. The number of hydrogen-bond acceptors (Lipinski definition) is 9. The van der Waals surface area contributed by atoms with Crippen LogP contribution in [0.4, 0.5) is 18.0 Å². The molecule has 1 aromatic heterocycles. The molecule has 52 heavy (non-hydrogen) atoms.